The number of benzene rings is 17. The van der Waals surface area contributed by atoms with E-state index in [4.69, 9.17) is 19.4 Å². The average Bonchev–Trinajstić information content (AvgIpc) is 1.54. The number of fused-ring (bicyclic) bond motifs is 25. The second-order valence-electron chi connectivity index (χ2n) is 24.5. The molecule has 17 aromatic carbocycles. The monoisotopic (exact) mass is 1180 g/mol. The number of para-hydroxylation sites is 1. The number of hydrogen-bond acceptors (Lipinski definition) is 5. The first-order valence-electron chi connectivity index (χ1n) is 31.7. The van der Waals surface area contributed by atoms with Crippen LogP contribution in [0.4, 0.5) is 17.1 Å². The lowest BCUT2D eigenvalue weighted by molar-refractivity contribution is 0.673. The maximum atomic E-state index is 7.99. The van der Waals surface area contributed by atoms with Crippen molar-refractivity contribution < 1.29 is 4.42 Å². The first kappa shape index (κ1) is 51.4. The SMILES string of the molecule is c1ccc(-c2nc(-c3ccccc3)nc(-c3cccc(-n4c5c(ccc6c7ccccc7c7ccccc7c65)c5c6oc7c(N(c8ccc9c(ccc%10ccccc%109)c8)c8cc9c%10ccccc%10ccc9c9ccccc89)cccc7c6c6ccccc6c54)c3)n2)cc1. The lowest BCUT2D eigenvalue weighted by Crippen LogP contribution is -2.11. The van der Waals surface area contributed by atoms with Crippen molar-refractivity contribution in [1.82, 2.24) is 19.5 Å². The molecule has 6 heteroatoms. The molecule has 0 saturated heterocycles. The molecule has 0 bridgehead atoms. The largest absolute Gasteiger partial charge is 0.453 e. The highest BCUT2D eigenvalue weighted by molar-refractivity contribution is 6.40. The summed E-state index contributed by atoms with van der Waals surface area (Å²) in [7, 11) is 0. The molecule has 430 valence electrons. The molecule has 20 aromatic rings. The Morgan fingerprint density at radius 3 is 1.38 bits per heavy atom. The normalized spacial score (nSPS) is 12.1. The van der Waals surface area contributed by atoms with Gasteiger partial charge in [0.1, 0.15) is 5.58 Å². The van der Waals surface area contributed by atoms with Crippen molar-refractivity contribution in [2.45, 2.75) is 0 Å². The van der Waals surface area contributed by atoms with E-state index in [-0.39, 0.29) is 0 Å². The van der Waals surface area contributed by atoms with Gasteiger partial charge < -0.3 is 13.9 Å². The molecule has 0 spiro atoms. The number of hydrogen-bond donors (Lipinski definition) is 0. The van der Waals surface area contributed by atoms with Crippen LogP contribution in [0.1, 0.15) is 0 Å². The number of anilines is 3. The minimum absolute atomic E-state index is 0.584. The van der Waals surface area contributed by atoms with Crippen LogP contribution in [0.5, 0.6) is 0 Å². The van der Waals surface area contributed by atoms with Gasteiger partial charge in [0.05, 0.1) is 27.8 Å². The molecule has 0 saturated carbocycles. The maximum absolute atomic E-state index is 7.99. The Bertz CT molecular complexity index is 6470. The standard InChI is InChI=1S/C87H51N5O/c1-3-23-54(24-4-1)85-88-86(55-25-5-2-6-26-55)90-87(89-85)57-27-19-28-58(50-57)92-81-72-38-18-17-37-70(72)79-74-39-20-40-76(83(74)93-84(79)80(81)73-48-47-71-66-34-12-11-31-63(66)65-33-14-16-36-69(65)78(71)82(73)92)91(59-44-46-62-56(49-59)42-41-52-21-7-9-29-60(52)62)77-51-75-61-30-10-8-22-53(61)43-45-67(75)64-32-13-15-35-68(64)77/h1-51H. The third-order valence-electron chi connectivity index (χ3n) is 19.5. The van der Waals surface area contributed by atoms with Gasteiger partial charge in [0, 0.05) is 60.4 Å². The van der Waals surface area contributed by atoms with E-state index in [0.717, 1.165) is 105 Å². The highest BCUT2D eigenvalue weighted by atomic mass is 16.3. The van der Waals surface area contributed by atoms with Gasteiger partial charge in [-0.25, -0.2) is 15.0 Å². The highest BCUT2D eigenvalue weighted by Crippen LogP contribution is 2.53. The fourth-order valence-electron chi connectivity index (χ4n) is 15.4. The predicted molar refractivity (Wildman–Crippen MR) is 390 cm³/mol. The van der Waals surface area contributed by atoms with E-state index in [2.05, 4.69) is 282 Å². The van der Waals surface area contributed by atoms with E-state index in [1.165, 1.54) is 75.4 Å². The lowest BCUT2D eigenvalue weighted by atomic mass is 9.92. The van der Waals surface area contributed by atoms with Crippen molar-refractivity contribution in [3.8, 4) is 39.9 Å². The Morgan fingerprint density at radius 1 is 0.247 bits per heavy atom. The zero-order chi connectivity index (χ0) is 60.8. The van der Waals surface area contributed by atoms with Crippen LogP contribution in [0.2, 0.25) is 0 Å². The molecule has 0 atom stereocenters. The van der Waals surface area contributed by atoms with E-state index in [9.17, 15) is 0 Å². The van der Waals surface area contributed by atoms with Gasteiger partial charge in [-0.3, -0.25) is 0 Å². The summed E-state index contributed by atoms with van der Waals surface area (Å²) in [6, 6.07) is 112. The van der Waals surface area contributed by atoms with E-state index in [1.807, 2.05) is 36.4 Å². The van der Waals surface area contributed by atoms with E-state index >= 15 is 0 Å². The molecule has 0 radical (unpaired) electrons. The van der Waals surface area contributed by atoms with Gasteiger partial charge in [0.2, 0.25) is 0 Å². The Kier molecular flexibility index (Phi) is 11.0. The van der Waals surface area contributed by atoms with Crippen LogP contribution in [-0.2, 0) is 0 Å². The van der Waals surface area contributed by atoms with Gasteiger partial charge >= 0.3 is 0 Å². The van der Waals surface area contributed by atoms with Crippen molar-refractivity contribution in [2.75, 3.05) is 4.90 Å². The molecular formula is C87H51N5O. The van der Waals surface area contributed by atoms with Crippen molar-refractivity contribution >= 4 is 158 Å². The molecule has 0 N–H and O–H groups in total. The Labute approximate surface area is 532 Å². The first-order chi connectivity index (χ1) is 46.1. The molecule has 3 heterocycles. The van der Waals surface area contributed by atoms with E-state index < -0.39 is 0 Å². The fraction of sp³-hybridized carbons (Fsp3) is 0. The Morgan fingerprint density at radius 2 is 0.688 bits per heavy atom. The summed E-state index contributed by atoms with van der Waals surface area (Å²) in [5.74, 6) is 1.80. The van der Waals surface area contributed by atoms with Crippen LogP contribution in [0, 0.1) is 0 Å². The minimum Gasteiger partial charge on any atom is -0.453 e. The van der Waals surface area contributed by atoms with Gasteiger partial charge in [-0.05, 0) is 117 Å². The summed E-state index contributed by atoms with van der Waals surface area (Å²) in [5, 5.41) is 25.5. The van der Waals surface area contributed by atoms with E-state index in [0.29, 0.717) is 17.5 Å². The van der Waals surface area contributed by atoms with Crippen molar-refractivity contribution in [3.63, 3.8) is 0 Å². The van der Waals surface area contributed by atoms with Gasteiger partial charge in [0.15, 0.2) is 23.1 Å². The minimum atomic E-state index is 0.584. The number of nitrogens with zero attached hydrogens (tertiary/aromatic N) is 5. The van der Waals surface area contributed by atoms with Gasteiger partial charge in [-0.1, -0.05) is 273 Å². The second kappa shape index (κ2) is 20.0. The highest BCUT2D eigenvalue weighted by Gasteiger charge is 2.29. The summed E-state index contributed by atoms with van der Waals surface area (Å²) >= 11 is 0. The van der Waals surface area contributed by atoms with Crippen LogP contribution >= 0.6 is 0 Å². The molecule has 93 heavy (non-hydrogen) atoms. The molecule has 20 rings (SSSR count). The Balaban J connectivity index is 0.917. The molecule has 0 aliphatic carbocycles. The summed E-state index contributed by atoms with van der Waals surface area (Å²) in [6.07, 6.45) is 0. The molecule has 6 nitrogen and oxygen atoms in total. The molecular weight excluding hydrogens is 1130 g/mol. The number of furan rings is 1. The topological polar surface area (TPSA) is 60.0 Å². The molecule has 3 aromatic heterocycles. The number of aromatic nitrogens is 4. The van der Waals surface area contributed by atoms with Crippen LogP contribution in [0.15, 0.2) is 314 Å². The Hall–Kier alpha value is -12.5. The summed E-state index contributed by atoms with van der Waals surface area (Å²) in [6.45, 7) is 0. The summed E-state index contributed by atoms with van der Waals surface area (Å²) in [5.41, 5.74) is 10.4. The molecule has 0 fully saturated rings. The quantitative estimate of drug-likeness (QED) is 0.149. The maximum Gasteiger partial charge on any atom is 0.164 e. The molecule has 0 unspecified atom stereocenters. The van der Waals surface area contributed by atoms with Crippen molar-refractivity contribution in [1.29, 1.82) is 0 Å². The van der Waals surface area contributed by atoms with Crippen LogP contribution < -0.4 is 4.90 Å². The van der Waals surface area contributed by atoms with Crippen LogP contribution in [0.3, 0.4) is 0 Å². The average molecular weight is 1180 g/mol. The second-order valence-corrected chi connectivity index (χ2v) is 24.5. The van der Waals surface area contributed by atoms with Crippen molar-refractivity contribution in [2.24, 2.45) is 0 Å². The fourth-order valence-corrected chi connectivity index (χ4v) is 15.4. The lowest BCUT2D eigenvalue weighted by Gasteiger charge is -2.28. The smallest absolute Gasteiger partial charge is 0.164 e. The predicted octanol–water partition coefficient (Wildman–Crippen LogP) is 23.7. The third-order valence-corrected chi connectivity index (χ3v) is 19.5. The van der Waals surface area contributed by atoms with Crippen molar-refractivity contribution in [3.05, 3.63) is 309 Å². The van der Waals surface area contributed by atoms with E-state index in [1.54, 1.807) is 0 Å². The molecule has 0 aliphatic rings. The van der Waals surface area contributed by atoms with Crippen LogP contribution in [0.25, 0.3) is 181 Å². The number of rotatable bonds is 7. The van der Waals surface area contributed by atoms with Gasteiger partial charge in [-0.2, -0.15) is 0 Å². The van der Waals surface area contributed by atoms with Crippen LogP contribution in [-0.4, -0.2) is 19.5 Å². The third kappa shape index (κ3) is 7.67. The molecule has 0 aliphatic heterocycles. The zero-order valence-corrected chi connectivity index (χ0v) is 50.1. The van der Waals surface area contributed by atoms with Gasteiger partial charge in [-0.15, -0.1) is 0 Å². The first-order valence-corrected chi connectivity index (χ1v) is 31.7. The zero-order valence-electron chi connectivity index (χ0n) is 50.1. The van der Waals surface area contributed by atoms with Gasteiger partial charge in [0.25, 0.3) is 0 Å². The summed E-state index contributed by atoms with van der Waals surface area (Å²) < 4.78 is 10.5. The molecule has 0 amide bonds. The summed E-state index contributed by atoms with van der Waals surface area (Å²) in [4.78, 5) is 18.1.